The topological polar surface area (TPSA) is 175 Å². The van der Waals surface area contributed by atoms with E-state index in [4.69, 9.17) is 27.5 Å². The molecule has 230 valence electrons. The fourth-order valence-electron chi connectivity index (χ4n) is 3.68. The van der Waals surface area contributed by atoms with Crippen LogP contribution in [0.3, 0.4) is 0 Å². The zero-order valence-electron chi connectivity index (χ0n) is 23.5. The summed E-state index contributed by atoms with van der Waals surface area (Å²) < 4.78 is 32.8. The van der Waals surface area contributed by atoms with Gasteiger partial charge in [-0.25, -0.2) is 0 Å². The molecular formula is C29H39N3O10. The van der Waals surface area contributed by atoms with Crippen LogP contribution in [0, 0.1) is 5.41 Å². The van der Waals surface area contributed by atoms with Crippen molar-refractivity contribution in [3.05, 3.63) is 72.5 Å². The first-order chi connectivity index (χ1) is 20.5. The van der Waals surface area contributed by atoms with Crippen LogP contribution >= 0.6 is 0 Å². The first-order valence-corrected chi connectivity index (χ1v) is 13.7. The van der Waals surface area contributed by atoms with Crippen molar-refractivity contribution in [2.45, 2.75) is 38.9 Å². The van der Waals surface area contributed by atoms with Crippen LogP contribution < -0.4 is 16.0 Å². The van der Waals surface area contributed by atoms with E-state index in [1.54, 1.807) is 36.4 Å². The Morgan fingerprint density at radius 3 is 1.21 bits per heavy atom. The molecule has 0 aliphatic carbocycles. The van der Waals surface area contributed by atoms with Gasteiger partial charge in [0.25, 0.3) is 0 Å². The lowest BCUT2D eigenvalue weighted by molar-refractivity contribution is -0.126. The van der Waals surface area contributed by atoms with Crippen molar-refractivity contribution in [2.75, 3.05) is 46.2 Å². The van der Waals surface area contributed by atoms with Crippen molar-refractivity contribution in [1.29, 1.82) is 0 Å². The average molecular weight is 590 g/mol. The number of ether oxygens (including phenoxy) is 3. The molecule has 3 aromatic rings. The van der Waals surface area contributed by atoms with E-state index in [-0.39, 0.29) is 103 Å². The first kappa shape index (κ1) is 32.6. The van der Waals surface area contributed by atoms with Crippen molar-refractivity contribution in [1.82, 2.24) is 16.0 Å². The number of hydrogen-bond donors (Lipinski definition) is 4. The van der Waals surface area contributed by atoms with E-state index >= 15 is 0 Å². The van der Waals surface area contributed by atoms with Crippen LogP contribution in [-0.4, -0.2) is 69.1 Å². The predicted octanol–water partition coefficient (Wildman–Crippen LogP) is 1.91. The summed E-state index contributed by atoms with van der Waals surface area (Å²) in [5.74, 6) is 1.28. The molecule has 0 spiro atoms. The lowest BCUT2D eigenvalue weighted by Crippen LogP contribution is -2.41. The number of hydrogen-bond acceptors (Lipinski definition) is 10. The van der Waals surface area contributed by atoms with Crippen molar-refractivity contribution in [3.8, 4) is 0 Å². The third kappa shape index (κ3) is 12.7. The molecule has 3 heterocycles. The Balaban J connectivity index is 1.39. The van der Waals surface area contributed by atoms with Crippen LogP contribution in [0.2, 0.25) is 0 Å². The maximum Gasteiger partial charge on any atom is 0.222 e. The molecule has 0 atom stereocenters. The summed E-state index contributed by atoms with van der Waals surface area (Å²) in [4.78, 5) is 36.4. The molecule has 13 heteroatoms. The van der Waals surface area contributed by atoms with Gasteiger partial charge in [0, 0.05) is 19.3 Å². The number of aliphatic hydroxyl groups is 1. The lowest BCUT2D eigenvalue weighted by Gasteiger charge is -2.31. The fourth-order valence-corrected chi connectivity index (χ4v) is 3.68. The third-order valence-electron chi connectivity index (χ3n) is 6.10. The van der Waals surface area contributed by atoms with E-state index < -0.39 is 5.41 Å². The van der Waals surface area contributed by atoms with Crippen LogP contribution in [-0.2, 0) is 48.2 Å². The molecule has 4 N–H and O–H groups in total. The summed E-state index contributed by atoms with van der Waals surface area (Å²) in [6, 6.07) is 10.5. The van der Waals surface area contributed by atoms with Gasteiger partial charge in [-0.3, -0.25) is 14.4 Å². The largest absolute Gasteiger partial charge is 0.467 e. The molecular weight excluding hydrogens is 550 g/mol. The van der Waals surface area contributed by atoms with E-state index in [1.807, 2.05) is 0 Å². The second kappa shape index (κ2) is 18.5. The van der Waals surface area contributed by atoms with Crippen LogP contribution in [0.15, 0.2) is 68.4 Å². The number of amides is 3. The summed E-state index contributed by atoms with van der Waals surface area (Å²) in [5, 5.41) is 18.5. The number of furan rings is 3. The fraction of sp³-hybridized carbons (Fsp3) is 0.483. The molecule has 0 aromatic carbocycles. The van der Waals surface area contributed by atoms with Crippen LogP contribution in [0.4, 0.5) is 0 Å². The molecule has 42 heavy (non-hydrogen) atoms. The quantitative estimate of drug-likeness (QED) is 0.127. The normalized spacial score (nSPS) is 11.4. The molecule has 0 unspecified atom stereocenters. The molecule has 0 saturated carbocycles. The molecule has 0 radical (unpaired) electrons. The second-order valence-corrected chi connectivity index (χ2v) is 9.63. The molecule has 0 fully saturated rings. The molecule has 0 aliphatic heterocycles. The number of rotatable bonds is 22. The zero-order chi connectivity index (χ0) is 29.9. The number of carbonyl (C=O) groups excluding carboxylic acids is 3. The van der Waals surface area contributed by atoms with E-state index in [0.717, 1.165) is 0 Å². The highest BCUT2D eigenvalue weighted by atomic mass is 16.5. The first-order valence-electron chi connectivity index (χ1n) is 13.7. The third-order valence-corrected chi connectivity index (χ3v) is 6.10. The minimum Gasteiger partial charge on any atom is -0.467 e. The van der Waals surface area contributed by atoms with Crippen molar-refractivity contribution >= 4 is 17.7 Å². The second-order valence-electron chi connectivity index (χ2n) is 9.63. The maximum atomic E-state index is 12.1. The van der Waals surface area contributed by atoms with Gasteiger partial charge < -0.3 is 48.5 Å². The minimum atomic E-state index is -0.972. The highest BCUT2D eigenvalue weighted by Gasteiger charge is 2.31. The molecule has 3 rings (SSSR count). The van der Waals surface area contributed by atoms with E-state index in [0.29, 0.717) is 17.3 Å². The van der Waals surface area contributed by atoms with Gasteiger partial charge in [-0.15, -0.1) is 0 Å². The molecule has 0 bridgehead atoms. The van der Waals surface area contributed by atoms with Crippen molar-refractivity contribution in [3.63, 3.8) is 0 Å². The van der Waals surface area contributed by atoms with Gasteiger partial charge in [0.1, 0.15) is 17.3 Å². The number of carbonyl (C=O) groups is 3. The van der Waals surface area contributed by atoms with Gasteiger partial charge in [0.15, 0.2) is 0 Å². The smallest absolute Gasteiger partial charge is 0.222 e. The summed E-state index contributed by atoms with van der Waals surface area (Å²) >= 11 is 0. The zero-order valence-corrected chi connectivity index (χ0v) is 23.5. The van der Waals surface area contributed by atoms with Gasteiger partial charge in [-0.1, -0.05) is 0 Å². The minimum absolute atomic E-state index is 0.0321. The van der Waals surface area contributed by atoms with Crippen molar-refractivity contribution < 1.29 is 47.0 Å². The maximum absolute atomic E-state index is 12.1. The standard InChI is InChI=1S/C29H39N3O10/c33-19-29(20-37-13-7-26(34)30-16-23-4-1-10-40-23,21-38-14-8-27(35)31-17-24-5-2-11-41-24)22-39-15-9-28(36)32-18-25-6-3-12-42-25/h1-6,10-12,33H,7-9,13-22H2,(H,30,34)(H,31,35)(H,32,36). The summed E-state index contributed by atoms with van der Waals surface area (Å²) in [7, 11) is 0. The molecule has 3 amide bonds. The van der Waals surface area contributed by atoms with Gasteiger partial charge in [-0.05, 0) is 36.4 Å². The Morgan fingerprint density at radius 2 is 0.952 bits per heavy atom. The molecule has 13 nitrogen and oxygen atoms in total. The van der Waals surface area contributed by atoms with Crippen LogP contribution in [0.5, 0.6) is 0 Å². The lowest BCUT2D eigenvalue weighted by atomic mass is 9.92. The molecule has 0 saturated heterocycles. The van der Waals surface area contributed by atoms with Gasteiger partial charge >= 0.3 is 0 Å². The van der Waals surface area contributed by atoms with E-state index in [9.17, 15) is 19.5 Å². The van der Waals surface area contributed by atoms with Gasteiger partial charge in [0.05, 0.1) is 90.1 Å². The highest BCUT2D eigenvalue weighted by molar-refractivity contribution is 5.76. The SMILES string of the molecule is O=C(CCOCC(CO)(COCCC(=O)NCc1ccco1)COCCC(=O)NCc1ccco1)NCc1ccco1. The Labute approximate surface area is 243 Å². The van der Waals surface area contributed by atoms with Crippen molar-refractivity contribution in [2.24, 2.45) is 5.41 Å². The Hall–Kier alpha value is -3.91. The summed E-state index contributed by atoms with van der Waals surface area (Å²) in [5.41, 5.74) is -0.972. The van der Waals surface area contributed by atoms with Crippen LogP contribution in [0.25, 0.3) is 0 Å². The summed E-state index contributed by atoms with van der Waals surface area (Å²) in [6.07, 6.45) is 4.92. The van der Waals surface area contributed by atoms with Gasteiger partial charge in [-0.2, -0.15) is 0 Å². The van der Waals surface area contributed by atoms with E-state index in [1.165, 1.54) is 18.8 Å². The molecule has 0 aliphatic rings. The average Bonchev–Trinajstić information content (AvgIpc) is 3.80. The monoisotopic (exact) mass is 589 g/mol. The Bertz CT molecular complexity index is 1010. The van der Waals surface area contributed by atoms with E-state index in [2.05, 4.69) is 16.0 Å². The molecule has 3 aromatic heterocycles. The van der Waals surface area contributed by atoms with Crippen LogP contribution in [0.1, 0.15) is 36.5 Å². The predicted molar refractivity (Wildman–Crippen MR) is 147 cm³/mol. The Morgan fingerprint density at radius 1 is 0.619 bits per heavy atom. The highest BCUT2D eigenvalue weighted by Crippen LogP contribution is 2.19. The summed E-state index contributed by atoms with van der Waals surface area (Å²) in [6.45, 7) is 0.906. The number of nitrogens with one attached hydrogen (secondary N) is 3. The number of aliphatic hydroxyl groups excluding tert-OH is 1. The Kier molecular flexibility index (Phi) is 14.4. The van der Waals surface area contributed by atoms with Gasteiger partial charge in [0.2, 0.25) is 17.7 Å².